The van der Waals surface area contributed by atoms with Crippen molar-refractivity contribution < 1.29 is 5.11 Å². The van der Waals surface area contributed by atoms with E-state index in [0.29, 0.717) is 6.54 Å². The van der Waals surface area contributed by atoms with E-state index in [1.54, 1.807) is 12.3 Å². The van der Waals surface area contributed by atoms with E-state index in [1.165, 1.54) is 4.57 Å². The van der Waals surface area contributed by atoms with Crippen LogP contribution in [0.25, 0.3) is 0 Å². The predicted molar refractivity (Wildman–Crippen MR) is 47.2 cm³/mol. The highest BCUT2D eigenvalue weighted by molar-refractivity contribution is 5.10. The summed E-state index contributed by atoms with van der Waals surface area (Å²) in [5.41, 5.74) is 0.998. The molecule has 1 heterocycles. The van der Waals surface area contributed by atoms with Crippen LogP contribution in [-0.2, 0) is 13.0 Å². The number of aromatic nitrogens is 1. The molecule has 0 bridgehead atoms. The van der Waals surface area contributed by atoms with Crippen molar-refractivity contribution in [3.05, 3.63) is 34.2 Å². The van der Waals surface area contributed by atoms with Gasteiger partial charge >= 0.3 is 0 Å². The molecular weight excluding hydrogens is 154 g/mol. The van der Waals surface area contributed by atoms with Gasteiger partial charge in [0.25, 0.3) is 5.56 Å². The predicted octanol–water partition coefficient (Wildman–Crippen LogP) is 0.403. The zero-order chi connectivity index (χ0) is 8.97. The molecule has 0 aliphatic heterocycles. The maximum atomic E-state index is 11.2. The normalized spacial score (nSPS) is 10.2. The highest BCUT2D eigenvalue weighted by Gasteiger charge is 1.95. The number of aliphatic hydroxyl groups is 1. The molecule has 0 radical (unpaired) electrons. The Morgan fingerprint density at radius 1 is 1.58 bits per heavy atom. The van der Waals surface area contributed by atoms with Gasteiger partial charge in [-0.05, 0) is 18.1 Å². The van der Waals surface area contributed by atoms with Crippen LogP contribution in [0.3, 0.4) is 0 Å². The van der Waals surface area contributed by atoms with Crippen LogP contribution in [0.15, 0.2) is 23.1 Å². The van der Waals surface area contributed by atoms with Gasteiger partial charge in [-0.1, -0.05) is 6.92 Å². The summed E-state index contributed by atoms with van der Waals surface area (Å²) in [6, 6.07) is 3.51. The van der Waals surface area contributed by atoms with Crippen LogP contribution >= 0.6 is 0 Å². The van der Waals surface area contributed by atoms with Crippen LogP contribution in [0.1, 0.15) is 12.5 Å². The Bertz CT molecular complexity index is 304. The quantitative estimate of drug-likeness (QED) is 0.708. The third-order valence-electron chi connectivity index (χ3n) is 1.81. The van der Waals surface area contributed by atoms with E-state index in [4.69, 9.17) is 5.11 Å². The van der Waals surface area contributed by atoms with Crippen molar-refractivity contribution >= 4 is 0 Å². The summed E-state index contributed by atoms with van der Waals surface area (Å²) >= 11 is 0. The number of nitrogens with zero attached hydrogens (tertiary/aromatic N) is 1. The van der Waals surface area contributed by atoms with Crippen molar-refractivity contribution in [2.24, 2.45) is 0 Å². The lowest BCUT2D eigenvalue weighted by Gasteiger charge is -2.02. The van der Waals surface area contributed by atoms with Crippen LogP contribution in [0.4, 0.5) is 0 Å². The van der Waals surface area contributed by atoms with E-state index < -0.39 is 0 Å². The summed E-state index contributed by atoms with van der Waals surface area (Å²) in [4.78, 5) is 11.2. The molecule has 0 aliphatic rings. The van der Waals surface area contributed by atoms with Gasteiger partial charge in [0.15, 0.2) is 0 Å². The third kappa shape index (κ3) is 1.95. The third-order valence-corrected chi connectivity index (χ3v) is 1.81. The van der Waals surface area contributed by atoms with Crippen molar-refractivity contribution in [3.8, 4) is 0 Å². The molecule has 0 atom stereocenters. The first-order valence-electron chi connectivity index (χ1n) is 4.08. The average molecular weight is 167 g/mol. The fourth-order valence-electron chi connectivity index (χ4n) is 1.06. The molecule has 0 spiro atoms. The van der Waals surface area contributed by atoms with Gasteiger partial charge in [-0.3, -0.25) is 4.79 Å². The van der Waals surface area contributed by atoms with Crippen LogP contribution in [0, 0.1) is 0 Å². The molecule has 0 unspecified atom stereocenters. The Morgan fingerprint density at radius 2 is 2.33 bits per heavy atom. The van der Waals surface area contributed by atoms with Crippen molar-refractivity contribution in [2.45, 2.75) is 19.9 Å². The molecule has 66 valence electrons. The van der Waals surface area contributed by atoms with Crippen molar-refractivity contribution in [1.29, 1.82) is 0 Å². The molecule has 12 heavy (non-hydrogen) atoms. The van der Waals surface area contributed by atoms with Gasteiger partial charge in [-0.15, -0.1) is 0 Å². The summed E-state index contributed by atoms with van der Waals surface area (Å²) < 4.78 is 1.50. The van der Waals surface area contributed by atoms with E-state index in [-0.39, 0.29) is 12.2 Å². The second-order valence-corrected chi connectivity index (χ2v) is 2.64. The highest BCUT2D eigenvalue weighted by atomic mass is 16.3. The first kappa shape index (κ1) is 9.00. The summed E-state index contributed by atoms with van der Waals surface area (Å²) in [6.45, 7) is 2.39. The number of hydrogen-bond donors (Lipinski definition) is 1. The number of pyridine rings is 1. The molecule has 1 aromatic heterocycles. The minimum atomic E-state index is -0.0385. The van der Waals surface area contributed by atoms with Gasteiger partial charge in [0, 0.05) is 18.8 Å². The second-order valence-electron chi connectivity index (χ2n) is 2.64. The standard InChI is InChI=1S/C9H13NO2/c1-2-8-3-4-10(5-6-11)9(12)7-8/h3-4,7,11H,2,5-6H2,1H3. The van der Waals surface area contributed by atoms with E-state index in [9.17, 15) is 4.79 Å². The lowest BCUT2D eigenvalue weighted by atomic mass is 10.2. The monoisotopic (exact) mass is 167 g/mol. The lowest BCUT2D eigenvalue weighted by Crippen LogP contribution is -2.20. The molecule has 0 saturated carbocycles. The maximum absolute atomic E-state index is 11.2. The molecule has 0 fully saturated rings. The Balaban J connectivity index is 2.96. The first-order chi connectivity index (χ1) is 5.77. The fraction of sp³-hybridized carbons (Fsp3) is 0.444. The molecule has 3 heteroatoms. The van der Waals surface area contributed by atoms with Crippen LogP contribution in [-0.4, -0.2) is 16.3 Å². The van der Waals surface area contributed by atoms with Crippen LogP contribution in [0.5, 0.6) is 0 Å². The minimum Gasteiger partial charge on any atom is -0.395 e. The topological polar surface area (TPSA) is 42.2 Å². The van der Waals surface area contributed by atoms with Gasteiger partial charge in [-0.25, -0.2) is 0 Å². The van der Waals surface area contributed by atoms with Gasteiger partial charge < -0.3 is 9.67 Å². The fourth-order valence-corrected chi connectivity index (χ4v) is 1.06. The number of rotatable bonds is 3. The summed E-state index contributed by atoms with van der Waals surface area (Å²) in [5, 5.41) is 8.61. The number of aryl methyl sites for hydroxylation is 1. The summed E-state index contributed by atoms with van der Waals surface area (Å²) in [6.07, 6.45) is 2.59. The van der Waals surface area contributed by atoms with Crippen molar-refractivity contribution in [2.75, 3.05) is 6.61 Å². The zero-order valence-corrected chi connectivity index (χ0v) is 7.16. The molecule has 3 nitrogen and oxygen atoms in total. The molecule has 0 aromatic carbocycles. The zero-order valence-electron chi connectivity index (χ0n) is 7.16. The average Bonchev–Trinajstić information content (AvgIpc) is 2.09. The van der Waals surface area contributed by atoms with Gasteiger partial charge in [0.05, 0.1) is 6.61 Å². The molecule has 1 rings (SSSR count). The smallest absolute Gasteiger partial charge is 0.250 e. The second kappa shape index (κ2) is 4.07. The Hall–Kier alpha value is -1.09. The van der Waals surface area contributed by atoms with E-state index >= 15 is 0 Å². The van der Waals surface area contributed by atoms with E-state index in [2.05, 4.69) is 0 Å². The van der Waals surface area contributed by atoms with Crippen LogP contribution < -0.4 is 5.56 Å². The summed E-state index contributed by atoms with van der Waals surface area (Å²) in [7, 11) is 0. The molecule has 0 aliphatic carbocycles. The minimum absolute atomic E-state index is 0.00534. The molecular formula is C9H13NO2. The largest absolute Gasteiger partial charge is 0.395 e. The van der Waals surface area contributed by atoms with Gasteiger partial charge in [0.2, 0.25) is 0 Å². The Kier molecular flexibility index (Phi) is 3.05. The van der Waals surface area contributed by atoms with Crippen molar-refractivity contribution in [1.82, 2.24) is 4.57 Å². The molecule has 0 saturated heterocycles. The highest BCUT2D eigenvalue weighted by Crippen LogP contribution is 1.94. The number of hydrogen-bond acceptors (Lipinski definition) is 2. The van der Waals surface area contributed by atoms with Crippen molar-refractivity contribution in [3.63, 3.8) is 0 Å². The van der Waals surface area contributed by atoms with Crippen LogP contribution in [0.2, 0.25) is 0 Å². The molecule has 1 aromatic rings. The van der Waals surface area contributed by atoms with E-state index in [0.717, 1.165) is 12.0 Å². The van der Waals surface area contributed by atoms with E-state index in [1.807, 2.05) is 13.0 Å². The molecule has 1 N–H and O–H groups in total. The Labute approximate surface area is 71.3 Å². The summed E-state index contributed by atoms with van der Waals surface area (Å²) in [5.74, 6) is 0. The number of aliphatic hydroxyl groups excluding tert-OH is 1. The lowest BCUT2D eigenvalue weighted by molar-refractivity contribution is 0.274. The SMILES string of the molecule is CCc1ccn(CCO)c(=O)c1. The Morgan fingerprint density at radius 3 is 2.83 bits per heavy atom. The maximum Gasteiger partial charge on any atom is 0.250 e. The van der Waals surface area contributed by atoms with Gasteiger partial charge in [0.1, 0.15) is 0 Å². The van der Waals surface area contributed by atoms with Gasteiger partial charge in [-0.2, -0.15) is 0 Å². The molecule has 0 amide bonds. The first-order valence-corrected chi connectivity index (χ1v) is 4.08.